The molecule has 0 aliphatic carbocycles. The molecule has 0 heterocycles. The van der Waals surface area contributed by atoms with E-state index in [0.717, 1.165) is 0 Å². The fourth-order valence-electron chi connectivity index (χ4n) is 1.23. The van der Waals surface area contributed by atoms with Gasteiger partial charge in [-0.25, -0.2) is 4.79 Å². The number of nitrogens with two attached hydrogens (primary N) is 1. The van der Waals surface area contributed by atoms with Crippen LogP contribution in [0.1, 0.15) is 15.9 Å². The molecule has 1 aromatic carbocycles. The highest BCUT2D eigenvalue weighted by atomic mass is 16.4. The number of benzene rings is 1. The third kappa shape index (κ3) is 2.78. The van der Waals surface area contributed by atoms with E-state index >= 15 is 0 Å². The maximum Gasteiger partial charge on any atom is 0.335 e. The van der Waals surface area contributed by atoms with Gasteiger partial charge < -0.3 is 15.9 Å². The first-order chi connectivity index (χ1) is 7.02. The van der Waals surface area contributed by atoms with Crippen molar-refractivity contribution >= 4 is 11.9 Å². The summed E-state index contributed by atoms with van der Waals surface area (Å²) in [4.78, 5) is 21.3. The van der Waals surface area contributed by atoms with E-state index in [1.807, 2.05) is 0 Å². The van der Waals surface area contributed by atoms with Crippen LogP contribution >= 0.6 is 0 Å². The van der Waals surface area contributed by atoms with Gasteiger partial charge in [-0.15, -0.1) is 0 Å². The highest BCUT2D eigenvalue weighted by molar-refractivity contribution is 5.89. The molecule has 1 atom stereocenters. The Balaban J connectivity index is 2.94. The Labute approximate surface area is 86.1 Å². The van der Waals surface area contributed by atoms with Crippen molar-refractivity contribution in [1.82, 2.24) is 0 Å². The fourth-order valence-corrected chi connectivity index (χ4v) is 1.23. The van der Waals surface area contributed by atoms with Crippen LogP contribution in [0.25, 0.3) is 0 Å². The van der Waals surface area contributed by atoms with Gasteiger partial charge in [0, 0.05) is 0 Å². The monoisotopic (exact) mass is 209 g/mol. The first kappa shape index (κ1) is 11.2. The summed E-state index contributed by atoms with van der Waals surface area (Å²) < 4.78 is 0. The second-order valence-electron chi connectivity index (χ2n) is 3.11. The van der Waals surface area contributed by atoms with Gasteiger partial charge in [0.05, 0.1) is 5.56 Å². The molecule has 0 spiro atoms. The molecule has 80 valence electrons. The summed E-state index contributed by atoms with van der Waals surface area (Å²) >= 11 is 0. The molecule has 0 saturated carbocycles. The molecule has 0 fully saturated rings. The zero-order chi connectivity index (χ0) is 11.4. The number of carbonyl (C=O) groups is 2. The van der Waals surface area contributed by atoms with Crippen molar-refractivity contribution in [3.05, 3.63) is 35.4 Å². The molecule has 0 radical (unpaired) electrons. The minimum Gasteiger partial charge on any atom is -0.480 e. The van der Waals surface area contributed by atoms with Crippen molar-refractivity contribution in [1.29, 1.82) is 0 Å². The maximum atomic E-state index is 10.8. The van der Waals surface area contributed by atoms with Crippen molar-refractivity contribution < 1.29 is 19.8 Å². The zero-order valence-corrected chi connectivity index (χ0v) is 7.88. The molecule has 0 aliphatic rings. The van der Waals surface area contributed by atoms with Gasteiger partial charge in [0.1, 0.15) is 6.04 Å². The average Bonchev–Trinajstić information content (AvgIpc) is 2.18. The maximum absolute atomic E-state index is 10.8. The lowest BCUT2D eigenvalue weighted by molar-refractivity contribution is -0.138. The van der Waals surface area contributed by atoms with Crippen molar-refractivity contribution in [2.45, 2.75) is 12.5 Å². The van der Waals surface area contributed by atoms with E-state index in [2.05, 4.69) is 0 Å². The van der Waals surface area contributed by atoms with Crippen LogP contribution in [0.4, 0.5) is 0 Å². The van der Waals surface area contributed by atoms with Crippen LogP contribution in [0, 0.1) is 0 Å². The molecule has 0 aromatic heterocycles. The Morgan fingerprint density at radius 1 is 1.27 bits per heavy atom. The first-order valence-electron chi connectivity index (χ1n) is 4.32. The van der Waals surface area contributed by atoms with E-state index in [-0.39, 0.29) is 12.0 Å². The Hall–Kier alpha value is -1.88. The number of hydrogen-bond donors (Lipinski definition) is 3. The topological polar surface area (TPSA) is 101 Å². The third-order valence-corrected chi connectivity index (χ3v) is 2.00. The fraction of sp³-hybridized carbons (Fsp3) is 0.200. The summed E-state index contributed by atoms with van der Waals surface area (Å²) in [5.41, 5.74) is 5.85. The lowest BCUT2D eigenvalue weighted by Crippen LogP contribution is -2.32. The van der Waals surface area contributed by atoms with Gasteiger partial charge in [-0.3, -0.25) is 4.79 Å². The molecule has 0 bridgehead atoms. The predicted molar refractivity (Wildman–Crippen MR) is 52.7 cm³/mol. The Morgan fingerprint density at radius 3 is 2.40 bits per heavy atom. The lowest BCUT2D eigenvalue weighted by Gasteiger charge is -2.08. The second-order valence-corrected chi connectivity index (χ2v) is 3.11. The Morgan fingerprint density at radius 2 is 1.87 bits per heavy atom. The van der Waals surface area contributed by atoms with Crippen molar-refractivity contribution in [2.24, 2.45) is 5.73 Å². The van der Waals surface area contributed by atoms with Crippen molar-refractivity contribution in [3.8, 4) is 0 Å². The van der Waals surface area contributed by atoms with Gasteiger partial charge >= 0.3 is 11.9 Å². The molecular weight excluding hydrogens is 198 g/mol. The zero-order valence-electron chi connectivity index (χ0n) is 7.88. The molecule has 1 rings (SSSR count). The van der Waals surface area contributed by atoms with E-state index in [1.165, 1.54) is 6.07 Å². The SMILES string of the molecule is N[C@H](Cc1ccccc1C(=O)O)C(=O)O. The van der Waals surface area contributed by atoms with Crippen LogP contribution in [-0.4, -0.2) is 28.2 Å². The Bertz CT molecular complexity index is 389. The van der Waals surface area contributed by atoms with E-state index in [1.54, 1.807) is 18.2 Å². The summed E-state index contributed by atoms with van der Waals surface area (Å²) in [6.45, 7) is 0. The van der Waals surface area contributed by atoms with Gasteiger partial charge in [0.25, 0.3) is 0 Å². The van der Waals surface area contributed by atoms with Crippen LogP contribution in [0.3, 0.4) is 0 Å². The largest absolute Gasteiger partial charge is 0.480 e. The van der Waals surface area contributed by atoms with E-state index in [0.29, 0.717) is 5.56 Å². The standard InChI is InChI=1S/C10H11NO4/c11-8(10(14)15)5-6-3-1-2-4-7(6)9(12)13/h1-4,8H,5,11H2,(H,12,13)(H,14,15)/t8-/m1/s1. The van der Waals surface area contributed by atoms with Crippen LogP contribution in [0.2, 0.25) is 0 Å². The van der Waals surface area contributed by atoms with Gasteiger partial charge in [0.15, 0.2) is 0 Å². The first-order valence-corrected chi connectivity index (χ1v) is 4.32. The van der Waals surface area contributed by atoms with Crippen molar-refractivity contribution in [2.75, 3.05) is 0 Å². The van der Waals surface area contributed by atoms with Crippen molar-refractivity contribution in [3.63, 3.8) is 0 Å². The van der Waals surface area contributed by atoms with Gasteiger partial charge in [-0.2, -0.15) is 0 Å². The lowest BCUT2D eigenvalue weighted by atomic mass is 10.0. The number of hydrogen-bond acceptors (Lipinski definition) is 3. The predicted octanol–water partition coefficient (Wildman–Crippen LogP) is 0.339. The average molecular weight is 209 g/mol. The molecule has 0 unspecified atom stereocenters. The highest BCUT2D eigenvalue weighted by Crippen LogP contribution is 2.10. The normalized spacial score (nSPS) is 12.1. The van der Waals surface area contributed by atoms with Crippen LogP contribution in [-0.2, 0) is 11.2 Å². The smallest absolute Gasteiger partial charge is 0.335 e. The van der Waals surface area contributed by atoms with E-state index < -0.39 is 18.0 Å². The number of aliphatic carboxylic acids is 1. The van der Waals surface area contributed by atoms with Crippen LogP contribution < -0.4 is 5.73 Å². The summed E-state index contributed by atoms with van der Waals surface area (Å²) in [6, 6.07) is 5.14. The highest BCUT2D eigenvalue weighted by Gasteiger charge is 2.16. The molecule has 0 saturated heterocycles. The van der Waals surface area contributed by atoms with Gasteiger partial charge in [0.2, 0.25) is 0 Å². The molecular formula is C10H11NO4. The molecule has 4 N–H and O–H groups in total. The summed E-state index contributed by atoms with van der Waals surface area (Å²) in [5, 5.41) is 17.4. The number of aromatic carboxylic acids is 1. The molecule has 0 aliphatic heterocycles. The Kier molecular flexibility index (Phi) is 3.41. The second kappa shape index (κ2) is 4.56. The molecule has 0 amide bonds. The summed E-state index contributed by atoms with van der Waals surface area (Å²) in [7, 11) is 0. The molecule has 5 heteroatoms. The third-order valence-electron chi connectivity index (χ3n) is 2.00. The van der Waals surface area contributed by atoms with Crippen LogP contribution in [0.15, 0.2) is 24.3 Å². The summed E-state index contributed by atoms with van der Waals surface area (Å²) in [6.07, 6.45) is 0.0117. The van der Waals surface area contributed by atoms with Crippen LogP contribution in [0.5, 0.6) is 0 Å². The van der Waals surface area contributed by atoms with E-state index in [9.17, 15) is 9.59 Å². The number of rotatable bonds is 4. The quantitative estimate of drug-likeness (QED) is 0.663. The summed E-state index contributed by atoms with van der Waals surface area (Å²) in [5.74, 6) is -2.22. The van der Waals surface area contributed by atoms with Gasteiger partial charge in [-0.1, -0.05) is 18.2 Å². The molecule has 15 heavy (non-hydrogen) atoms. The molecule has 1 aromatic rings. The minimum atomic E-state index is -1.14. The number of carboxylic acids is 2. The minimum absolute atomic E-state index is 0.0117. The van der Waals surface area contributed by atoms with E-state index in [4.69, 9.17) is 15.9 Å². The number of carboxylic acid groups (broad SMARTS) is 2. The van der Waals surface area contributed by atoms with Gasteiger partial charge in [-0.05, 0) is 18.1 Å². The molecule has 5 nitrogen and oxygen atoms in total.